The monoisotopic (exact) mass is 362 g/mol. The van der Waals surface area contributed by atoms with Crippen LogP contribution >= 0.6 is 0 Å². The Morgan fingerprint density at radius 1 is 1.30 bits per heavy atom. The highest BCUT2D eigenvalue weighted by Gasteiger charge is 2.20. The van der Waals surface area contributed by atoms with Crippen LogP contribution in [-0.4, -0.2) is 47.2 Å². The van der Waals surface area contributed by atoms with E-state index in [-0.39, 0.29) is 5.91 Å². The SMILES string of the molecule is Cc1cccc2[nH]nc(-c3cccc(C(=O)NCC[C@H]4CCCN4C)c3)c12. The number of aromatic nitrogens is 2. The van der Waals surface area contributed by atoms with E-state index in [1.54, 1.807) is 0 Å². The van der Waals surface area contributed by atoms with Crippen molar-refractivity contribution in [2.24, 2.45) is 0 Å². The lowest BCUT2D eigenvalue weighted by atomic mass is 10.0. The summed E-state index contributed by atoms with van der Waals surface area (Å²) in [5.74, 6) is -0.0194. The largest absolute Gasteiger partial charge is 0.352 e. The van der Waals surface area contributed by atoms with Crippen molar-refractivity contribution in [1.82, 2.24) is 20.4 Å². The van der Waals surface area contributed by atoms with Gasteiger partial charge in [-0.3, -0.25) is 9.89 Å². The van der Waals surface area contributed by atoms with Gasteiger partial charge in [0.15, 0.2) is 0 Å². The average Bonchev–Trinajstić information content (AvgIpc) is 3.29. The lowest BCUT2D eigenvalue weighted by Crippen LogP contribution is -2.31. The summed E-state index contributed by atoms with van der Waals surface area (Å²) in [5, 5.41) is 11.8. The van der Waals surface area contributed by atoms with Gasteiger partial charge < -0.3 is 10.2 Å². The number of likely N-dealkylation sites (tertiary alicyclic amines) is 1. The van der Waals surface area contributed by atoms with Gasteiger partial charge in [0.05, 0.1) is 5.52 Å². The predicted octanol–water partition coefficient (Wildman–Crippen LogP) is 3.75. The molecule has 0 unspecified atom stereocenters. The zero-order chi connectivity index (χ0) is 18.8. The first kappa shape index (κ1) is 17.7. The van der Waals surface area contributed by atoms with Crippen LogP contribution in [0.15, 0.2) is 42.5 Å². The first-order chi connectivity index (χ1) is 13.1. The van der Waals surface area contributed by atoms with Crippen LogP contribution in [0.5, 0.6) is 0 Å². The lowest BCUT2D eigenvalue weighted by Gasteiger charge is -2.19. The second-order valence-electron chi connectivity index (χ2n) is 7.47. The Labute approximate surface area is 159 Å². The quantitative estimate of drug-likeness (QED) is 0.727. The summed E-state index contributed by atoms with van der Waals surface area (Å²) < 4.78 is 0. The number of fused-ring (bicyclic) bond motifs is 1. The number of carbonyl (C=O) groups is 1. The molecule has 1 aliphatic heterocycles. The third kappa shape index (κ3) is 3.60. The van der Waals surface area contributed by atoms with Crippen LogP contribution in [0.1, 0.15) is 35.2 Å². The normalized spacial score (nSPS) is 17.5. The maximum Gasteiger partial charge on any atom is 0.251 e. The van der Waals surface area contributed by atoms with Crippen LogP contribution in [-0.2, 0) is 0 Å². The van der Waals surface area contributed by atoms with Gasteiger partial charge in [-0.05, 0) is 63.5 Å². The zero-order valence-electron chi connectivity index (χ0n) is 16.0. The molecule has 0 spiro atoms. The van der Waals surface area contributed by atoms with E-state index < -0.39 is 0 Å². The molecule has 0 bridgehead atoms. The number of amides is 1. The number of H-pyrrole nitrogens is 1. The molecule has 2 aromatic carbocycles. The molecule has 27 heavy (non-hydrogen) atoms. The number of nitrogens with one attached hydrogen (secondary N) is 2. The number of aryl methyl sites for hydroxylation is 1. The van der Waals surface area contributed by atoms with E-state index in [1.807, 2.05) is 36.4 Å². The van der Waals surface area contributed by atoms with Gasteiger partial charge >= 0.3 is 0 Å². The Balaban J connectivity index is 1.49. The molecule has 5 nitrogen and oxygen atoms in total. The van der Waals surface area contributed by atoms with Crippen LogP contribution < -0.4 is 5.32 Å². The van der Waals surface area contributed by atoms with E-state index in [9.17, 15) is 4.79 Å². The minimum Gasteiger partial charge on any atom is -0.352 e. The second-order valence-corrected chi connectivity index (χ2v) is 7.47. The third-order valence-corrected chi connectivity index (χ3v) is 5.63. The fourth-order valence-electron chi connectivity index (χ4n) is 4.06. The number of carbonyl (C=O) groups excluding carboxylic acids is 1. The van der Waals surface area contributed by atoms with Crippen LogP contribution in [0.25, 0.3) is 22.2 Å². The Morgan fingerprint density at radius 3 is 2.96 bits per heavy atom. The van der Waals surface area contributed by atoms with Gasteiger partial charge in [0.25, 0.3) is 5.91 Å². The van der Waals surface area contributed by atoms with Gasteiger partial charge in [-0.25, -0.2) is 0 Å². The standard InChI is InChI=1S/C22H26N4O/c1-15-6-3-10-19-20(15)21(25-24-19)16-7-4-8-17(14-16)22(27)23-12-11-18-9-5-13-26(18)2/h3-4,6-8,10,14,18H,5,9,11-13H2,1-2H3,(H,23,27)(H,24,25)/t18-/m1/s1. The molecule has 2 N–H and O–H groups in total. The van der Waals surface area contributed by atoms with Gasteiger partial charge in [-0.2, -0.15) is 5.10 Å². The minimum absolute atomic E-state index is 0.0194. The zero-order valence-corrected chi connectivity index (χ0v) is 16.0. The highest BCUT2D eigenvalue weighted by molar-refractivity contribution is 5.98. The topological polar surface area (TPSA) is 61.0 Å². The third-order valence-electron chi connectivity index (χ3n) is 5.63. The molecule has 0 aliphatic carbocycles. The van der Waals surface area contributed by atoms with Crippen LogP contribution in [0, 0.1) is 6.92 Å². The molecular weight excluding hydrogens is 336 g/mol. The summed E-state index contributed by atoms with van der Waals surface area (Å²) in [6.07, 6.45) is 3.49. The number of nitrogens with zero attached hydrogens (tertiary/aromatic N) is 2. The van der Waals surface area contributed by atoms with E-state index >= 15 is 0 Å². The molecule has 1 fully saturated rings. The fourth-order valence-corrected chi connectivity index (χ4v) is 4.06. The molecule has 1 saturated heterocycles. The molecule has 0 radical (unpaired) electrons. The minimum atomic E-state index is -0.0194. The molecule has 140 valence electrons. The number of benzene rings is 2. The molecular formula is C22H26N4O. The van der Waals surface area contributed by atoms with E-state index in [0.717, 1.165) is 35.1 Å². The van der Waals surface area contributed by atoms with Crippen molar-refractivity contribution in [2.45, 2.75) is 32.2 Å². The summed E-state index contributed by atoms with van der Waals surface area (Å²) in [6, 6.07) is 14.4. The van der Waals surface area contributed by atoms with Crippen molar-refractivity contribution in [1.29, 1.82) is 0 Å². The van der Waals surface area contributed by atoms with Gasteiger partial charge in [0.1, 0.15) is 5.69 Å². The van der Waals surface area contributed by atoms with Crippen molar-refractivity contribution >= 4 is 16.8 Å². The van der Waals surface area contributed by atoms with Crippen LogP contribution in [0.4, 0.5) is 0 Å². The summed E-state index contributed by atoms with van der Waals surface area (Å²) in [4.78, 5) is 15.0. The first-order valence-corrected chi connectivity index (χ1v) is 9.66. The van der Waals surface area contributed by atoms with Crippen molar-refractivity contribution < 1.29 is 4.79 Å². The fraction of sp³-hybridized carbons (Fsp3) is 0.364. The van der Waals surface area contributed by atoms with E-state index in [4.69, 9.17) is 0 Å². The van der Waals surface area contributed by atoms with Crippen LogP contribution in [0.3, 0.4) is 0 Å². The van der Waals surface area contributed by atoms with E-state index in [0.29, 0.717) is 18.2 Å². The van der Waals surface area contributed by atoms with Crippen molar-refractivity contribution in [3.8, 4) is 11.3 Å². The molecule has 1 amide bonds. The summed E-state index contributed by atoms with van der Waals surface area (Å²) in [7, 11) is 2.17. The number of hydrogen-bond donors (Lipinski definition) is 2. The van der Waals surface area contributed by atoms with E-state index in [2.05, 4.69) is 40.5 Å². The molecule has 1 atom stereocenters. The maximum absolute atomic E-state index is 12.6. The Morgan fingerprint density at radius 2 is 2.15 bits per heavy atom. The number of hydrogen-bond acceptors (Lipinski definition) is 3. The highest BCUT2D eigenvalue weighted by Crippen LogP contribution is 2.29. The van der Waals surface area contributed by atoms with Crippen LogP contribution in [0.2, 0.25) is 0 Å². The molecule has 1 aromatic heterocycles. The van der Waals surface area contributed by atoms with Crippen molar-refractivity contribution in [3.63, 3.8) is 0 Å². The molecule has 4 rings (SSSR count). The molecule has 1 aliphatic rings. The van der Waals surface area contributed by atoms with Gasteiger partial charge in [0, 0.05) is 29.1 Å². The van der Waals surface area contributed by atoms with Gasteiger partial charge in [0.2, 0.25) is 0 Å². The smallest absolute Gasteiger partial charge is 0.251 e. The number of aromatic amines is 1. The lowest BCUT2D eigenvalue weighted by molar-refractivity contribution is 0.0950. The second kappa shape index (κ2) is 7.53. The predicted molar refractivity (Wildman–Crippen MR) is 109 cm³/mol. The van der Waals surface area contributed by atoms with Crippen molar-refractivity contribution in [2.75, 3.05) is 20.1 Å². The summed E-state index contributed by atoms with van der Waals surface area (Å²) >= 11 is 0. The molecule has 3 aromatic rings. The Kier molecular flexibility index (Phi) is 4.94. The molecule has 5 heteroatoms. The summed E-state index contributed by atoms with van der Waals surface area (Å²) in [6.45, 7) is 3.96. The van der Waals surface area contributed by atoms with Crippen molar-refractivity contribution in [3.05, 3.63) is 53.6 Å². The van der Waals surface area contributed by atoms with Gasteiger partial charge in [-0.1, -0.05) is 24.3 Å². The van der Waals surface area contributed by atoms with E-state index in [1.165, 1.54) is 18.4 Å². The number of rotatable bonds is 5. The van der Waals surface area contributed by atoms with Gasteiger partial charge in [-0.15, -0.1) is 0 Å². The first-order valence-electron chi connectivity index (χ1n) is 9.66. The molecule has 2 heterocycles. The molecule has 0 saturated carbocycles. The Bertz CT molecular complexity index is 962. The highest BCUT2D eigenvalue weighted by atomic mass is 16.1. The maximum atomic E-state index is 12.6. The summed E-state index contributed by atoms with van der Waals surface area (Å²) in [5.41, 5.74) is 4.72. The Hall–Kier alpha value is -2.66. The average molecular weight is 362 g/mol.